The predicted octanol–water partition coefficient (Wildman–Crippen LogP) is 1.52. The van der Waals surface area contributed by atoms with Crippen molar-refractivity contribution < 1.29 is 13.2 Å². The minimum Gasteiger partial charge on any atom is -0.160 e. The van der Waals surface area contributed by atoms with Gasteiger partial charge in [-0.1, -0.05) is 0 Å². The standard InChI is InChI=1S/CBrF3.Mg/c2-1(3,4)5;. The Hall–Kier alpha value is 1.04. The fraction of sp³-hybridized carbons (Fsp3) is 1.00. The third-order valence-electron chi connectivity index (χ3n) is 0. The zero-order valence-corrected chi connectivity index (χ0v) is 5.72. The second kappa shape index (κ2) is 3.09. The third kappa shape index (κ3) is 76.4. The van der Waals surface area contributed by atoms with E-state index in [-0.39, 0.29) is 23.1 Å². The van der Waals surface area contributed by atoms with Crippen LogP contribution >= 0.6 is 15.9 Å². The molecule has 0 aromatic carbocycles. The average molecular weight is 173 g/mol. The van der Waals surface area contributed by atoms with Crippen LogP contribution in [-0.4, -0.2) is 28.1 Å². The quantitative estimate of drug-likeness (QED) is 0.385. The zero-order valence-electron chi connectivity index (χ0n) is 2.72. The second-order valence-corrected chi connectivity index (χ2v) is 1.33. The van der Waals surface area contributed by atoms with E-state index >= 15 is 0 Å². The summed E-state index contributed by atoms with van der Waals surface area (Å²) in [4.78, 5) is 0. The van der Waals surface area contributed by atoms with Crippen molar-refractivity contribution in [3.8, 4) is 0 Å². The predicted molar refractivity (Wildman–Crippen MR) is 20.7 cm³/mol. The van der Waals surface area contributed by atoms with Crippen LogP contribution in [0.2, 0.25) is 0 Å². The Labute approximate surface area is 57.4 Å². The highest BCUT2D eigenvalue weighted by Gasteiger charge is 2.19. The average Bonchev–Trinajstić information content (AvgIpc) is 0.722. The van der Waals surface area contributed by atoms with Crippen LogP contribution in [0.1, 0.15) is 0 Å². The van der Waals surface area contributed by atoms with E-state index in [0.717, 1.165) is 0 Å². The van der Waals surface area contributed by atoms with Crippen LogP contribution < -0.4 is 0 Å². The topological polar surface area (TPSA) is 0 Å². The molecule has 0 aliphatic carbocycles. The molecule has 0 unspecified atom stereocenters. The smallest absolute Gasteiger partial charge is 0.160 e. The van der Waals surface area contributed by atoms with Gasteiger partial charge in [-0.15, -0.1) is 0 Å². The van der Waals surface area contributed by atoms with Crippen molar-refractivity contribution in [3.63, 3.8) is 0 Å². The summed E-state index contributed by atoms with van der Waals surface area (Å²) in [5.74, 6) is 0. The number of rotatable bonds is 0. The lowest BCUT2D eigenvalue weighted by Gasteiger charge is -1.85. The molecule has 0 rings (SSSR count). The summed E-state index contributed by atoms with van der Waals surface area (Å²) < 4.78 is 30.8. The Balaban J connectivity index is 0. The second-order valence-electron chi connectivity index (χ2n) is 0.429. The molecule has 5 heteroatoms. The van der Waals surface area contributed by atoms with Crippen molar-refractivity contribution >= 4 is 39.0 Å². The van der Waals surface area contributed by atoms with Gasteiger partial charge in [-0.05, 0) is 0 Å². The van der Waals surface area contributed by atoms with Gasteiger partial charge in [0.15, 0.2) is 0 Å². The summed E-state index contributed by atoms with van der Waals surface area (Å²) in [6, 6.07) is 0. The van der Waals surface area contributed by atoms with Gasteiger partial charge in [0.1, 0.15) is 0 Å². The van der Waals surface area contributed by atoms with Crippen molar-refractivity contribution in [1.29, 1.82) is 0 Å². The first-order valence-electron chi connectivity index (χ1n) is 0.756. The molecule has 0 nitrogen and oxygen atoms in total. The van der Waals surface area contributed by atoms with Gasteiger partial charge >= 0.3 is 5.09 Å². The molecule has 0 saturated heterocycles. The summed E-state index contributed by atoms with van der Waals surface area (Å²) >= 11 is 1.38. The maximum Gasteiger partial charge on any atom is 0.448 e. The van der Waals surface area contributed by atoms with Crippen LogP contribution in [0.15, 0.2) is 0 Å². The number of alkyl halides is 4. The molecule has 2 radical (unpaired) electrons. The van der Waals surface area contributed by atoms with E-state index in [1.165, 1.54) is 15.9 Å². The fourth-order valence-electron chi connectivity index (χ4n) is 0. The van der Waals surface area contributed by atoms with Crippen LogP contribution in [0.4, 0.5) is 13.2 Å². The molecule has 0 bridgehead atoms. The lowest BCUT2D eigenvalue weighted by Crippen LogP contribution is -1.88. The largest absolute Gasteiger partial charge is 0.448 e. The first-order valence-corrected chi connectivity index (χ1v) is 1.55. The van der Waals surface area contributed by atoms with Gasteiger partial charge < -0.3 is 0 Å². The van der Waals surface area contributed by atoms with Gasteiger partial charge in [-0.3, -0.25) is 0 Å². The van der Waals surface area contributed by atoms with Crippen molar-refractivity contribution in [1.82, 2.24) is 0 Å². The Morgan fingerprint density at radius 1 is 1.17 bits per heavy atom. The van der Waals surface area contributed by atoms with Crippen molar-refractivity contribution in [2.45, 2.75) is 5.09 Å². The Morgan fingerprint density at radius 3 is 1.17 bits per heavy atom. The zero-order chi connectivity index (χ0) is 4.50. The third-order valence-corrected chi connectivity index (χ3v) is 0. The molecule has 0 amide bonds. The SMILES string of the molecule is FC(F)(F)Br.[Mg]. The van der Waals surface area contributed by atoms with E-state index in [1.54, 1.807) is 0 Å². The fourth-order valence-corrected chi connectivity index (χ4v) is 0. The summed E-state index contributed by atoms with van der Waals surface area (Å²) in [7, 11) is 0. The molecule has 0 saturated carbocycles. The Kier molecular flexibility index (Phi) is 5.21. The maximum atomic E-state index is 10.3. The van der Waals surface area contributed by atoms with Crippen LogP contribution in [0.5, 0.6) is 0 Å². The highest BCUT2D eigenvalue weighted by Crippen LogP contribution is 2.21. The van der Waals surface area contributed by atoms with Gasteiger partial charge in [0.05, 0.1) is 0 Å². The van der Waals surface area contributed by atoms with Crippen LogP contribution in [-0.2, 0) is 0 Å². The summed E-state index contributed by atoms with van der Waals surface area (Å²) in [6.45, 7) is 0. The molecule has 0 N–H and O–H groups in total. The van der Waals surface area contributed by atoms with E-state index in [4.69, 9.17) is 0 Å². The molecule has 0 spiro atoms. The van der Waals surface area contributed by atoms with Crippen LogP contribution in [0, 0.1) is 0 Å². The van der Waals surface area contributed by atoms with E-state index in [0.29, 0.717) is 0 Å². The number of halogens is 4. The van der Waals surface area contributed by atoms with Crippen molar-refractivity contribution in [3.05, 3.63) is 0 Å². The van der Waals surface area contributed by atoms with Crippen LogP contribution in [0.25, 0.3) is 0 Å². The highest BCUT2D eigenvalue weighted by molar-refractivity contribution is 9.09. The van der Waals surface area contributed by atoms with Gasteiger partial charge in [-0.25, -0.2) is 0 Å². The number of hydrogen-bond donors (Lipinski definition) is 0. The van der Waals surface area contributed by atoms with Crippen LogP contribution in [0.3, 0.4) is 0 Å². The maximum absolute atomic E-state index is 10.3. The molecule has 0 aliphatic rings. The van der Waals surface area contributed by atoms with Gasteiger partial charge in [0.25, 0.3) is 0 Å². The molecular weight excluding hydrogens is 173 g/mol. The summed E-state index contributed by atoms with van der Waals surface area (Å²) in [5.41, 5.74) is 0. The highest BCUT2D eigenvalue weighted by atomic mass is 79.9. The molecule has 0 aromatic rings. The van der Waals surface area contributed by atoms with Crippen molar-refractivity contribution in [2.75, 3.05) is 0 Å². The minimum atomic E-state index is -4.19. The molecule has 0 aromatic heterocycles. The number of hydrogen-bond acceptors (Lipinski definition) is 0. The molecule has 0 fully saturated rings. The minimum absolute atomic E-state index is 0. The summed E-state index contributed by atoms with van der Waals surface area (Å²) in [6.07, 6.45) is 0. The lowest BCUT2D eigenvalue weighted by molar-refractivity contribution is -0.0245. The summed E-state index contributed by atoms with van der Waals surface area (Å²) in [5, 5.41) is -4.19. The molecule has 6 heavy (non-hydrogen) atoms. The molecule has 0 heterocycles. The van der Waals surface area contributed by atoms with Gasteiger partial charge in [-0.2, -0.15) is 13.2 Å². The van der Waals surface area contributed by atoms with E-state index in [9.17, 15) is 13.2 Å². The van der Waals surface area contributed by atoms with Gasteiger partial charge in [0.2, 0.25) is 0 Å². The normalized spacial score (nSPS) is 10.0. The Morgan fingerprint density at radius 2 is 1.17 bits per heavy atom. The molecule has 34 valence electrons. The van der Waals surface area contributed by atoms with E-state index < -0.39 is 5.09 Å². The van der Waals surface area contributed by atoms with Crippen molar-refractivity contribution in [2.24, 2.45) is 0 Å². The molecule has 0 atom stereocenters. The monoisotopic (exact) mass is 172 g/mol. The first-order chi connectivity index (χ1) is 2.00. The van der Waals surface area contributed by atoms with E-state index in [1.807, 2.05) is 0 Å². The Bertz CT molecular complexity index is 26.3. The lowest BCUT2D eigenvalue weighted by atomic mass is 11.6. The molecular formula is CBrF3Mg. The first kappa shape index (κ1) is 10.1. The van der Waals surface area contributed by atoms with Gasteiger partial charge in [0, 0.05) is 39.0 Å². The molecule has 0 aliphatic heterocycles. The van der Waals surface area contributed by atoms with E-state index in [2.05, 4.69) is 0 Å².